The van der Waals surface area contributed by atoms with Crippen LogP contribution in [0.3, 0.4) is 0 Å². The Labute approximate surface area is 210 Å². The number of piperidine rings is 2. The molecule has 0 aliphatic carbocycles. The summed E-state index contributed by atoms with van der Waals surface area (Å²) in [5.41, 5.74) is 1.15. The number of phenols is 2. The first-order valence-corrected chi connectivity index (χ1v) is 13.1. The molecule has 0 unspecified atom stereocenters. The predicted molar refractivity (Wildman–Crippen MR) is 139 cm³/mol. The SMILES string of the molecule is O=C(/C=C/c1cc(Sc2ccc(O)c(/C=C/C(=O)N3CCCCC3)c2)ccc1O)N1CCCCC1. The van der Waals surface area contributed by atoms with Crippen LogP contribution in [0.25, 0.3) is 12.2 Å². The van der Waals surface area contributed by atoms with Crippen LogP contribution in [-0.2, 0) is 9.59 Å². The van der Waals surface area contributed by atoms with Gasteiger partial charge >= 0.3 is 0 Å². The van der Waals surface area contributed by atoms with Crippen LogP contribution < -0.4 is 0 Å². The summed E-state index contributed by atoms with van der Waals surface area (Å²) < 4.78 is 0. The van der Waals surface area contributed by atoms with Gasteiger partial charge in [-0.2, -0.15) is 0 Å². The molecule has 2 aliphatic heterocycles. The molecule has 0 radical (unpaired) electrons. The molecule has 2 heterocycles. The zero-order valence-electron chi connectivity index (χ0n) is 19.9. The smallest absolute Gasteiger partial charge is 0.246 e. The number of hydrogen-bond acceptors (Lipinski definition) is 5. The molecule has 0 bridgehead atoms. The lowest BCUT2D eigenvalue weighted by Gasteiger charge is -2.25. The fraction of sp³-hybridized carbons (Fsp3) is 0.357. The summed E-state index contributed by atoms with van der Waals surface area (Å²) in [5.74, 6) is 0.164. The third-order valence-corrected chi connectivity index (χ3v) is 7.36. The van der Waals surface area contributed by atoms with Gasteiger partial charge in [-0.25, -0.2) is 0 Å². The highest BCUT2D eigenvalue weighted by atomic mass is 32.2. The van der Waals surface area contributed by atoms with Crippen molar-refractivity contribution in [2.24, 2.45) is 0 Å². The largest absolute Gasteiger partial charge is 0.507 e. The second-order valence-corrected chi connectivity index (χ2v) is 10.1. The highest BCUT2D eigenvalue weighted by Gasteiger charge is 2.15. The van der Waals surface area contributed by atoms with E-state index in [9.17, 15) is 19.8 Å². The molecule has 4 rings (SSSR count). The molecule has 35 heavy (non-hydrogen) atoms. The van der Waals surface area contributed by atoms with Crippen molar-refractivity contribution < 1.29 is 19.8 Å². The zero-order chi connectivity index (χ0) is 24.6. The topological polar surface area (TPSA) is 81.1 Å². The Morgan fingerprint density at radius 1 is 0.657 bits per heavy atom. The van der Waals surface area contributed by atoms with Gasteiger partial charge in [0.25, 0.3) is 0 Å². The fourth-order valence-corrected chi connectivity index (χ4v) is 5.27. The molecule has 0 saturated carbocycles. The summed E-state index contributed by atoms with van der Waals surface area (Å²) in [7, 11) is 0. The number of aromatic hydroxyl groups is 2. The van der Waals surface area contributed by atoms with Crippen LogP contribution in [0.15, 0.2) is 58.3 Å². The monoisotopic (exact) mass is 492 g/mol. The number of hydrogen-bond donors (Lipinski definition) is 2. The molecule has 7 heteroatoms. The van der Waals surface area contributed by atoms with E-state index in [0.717, 1.165) is 74.5 Å². The lowest BCUT2D eigenvalue weighted by atomic mass is 10.1. The zero-order valence-corrected chi connectivity index (χ0v) is 20.7. The summed E-state index contributed by atoms with van der Waals surface area (Å²) in [6.45, 7) is 3.14. The van der Waals surface area contributed by atoms with Crippen molar-refractivity contribution in [1.82, 2.24) is 9.80 Å². The average Bonchev–Trinajstić information content (AvgIpc) is 2.90. The number of carbonyl (C=O) groups is 2. The molecule has 2 aromatic rings. The number of likely N-dealkylation sites (tertiary alicyclic amines) is 2. The molecule has 2 amide bonds. The maximum absolute atomic E-state index is 12.4. The minimum atomic E-state index is -0.0313. The summed E-state index contributed by atoms with van der Waals surface area (Å²) in [6, 6.07) is 10.5. The third kappa shape index (κ3) is 6.92. The van der Waals surface area contributed by atoms with E-state index in [0.29, 0.717) is 11.1 Å². The Bertz CT molecular complexity index is 1030. The minimum absolute atomic E-state index is 0.0313. The Morgan fingerprint density at radius 2 is 1.06 bits per heavy atom. The van der Waals surface area contributed by atoms with Crippen molar-refractivity contribution in [2.75, 3.05) is 26.2 Å². The number of rotatable bonds is 6. The summed E-state index contributed by atoms with van der Waals surface area (Å²) in [5, 5.41) is 20.5. The standard InChI is InChI=1S/C28H32N2O4S/c31-25-11-9-23(19-21(25)7-13-27(33)29-15-3-1-4-16-29)35-24-10-12-26(32)22(20-24)8-14-28(34)30-17-5-2-6-18-30/h7-14,19-20,31-32H,1-6,15-18H2/b13-7+,14-8+. The highest BCUT2D eigenvalue weighted by Crippen LogP contribution is 2.34. The van der Waals surface area contributed by atoms with E-state index in [1.54, 1.807) is 24.3 Å². The second-order valence-electron chi connectivity index (χ2n) is 8.98. The predicted octanol–water partition coefficient (Wildman–Crippen LogP) is 5.30. The minimum Gasteiger partial charge on any atom is -0.507 e. The van der Waals surface area contributed by atoms with Crippen molar-refractivity contribution in [1.29, 1.82) is 0 Å². The number of amides is 2. The van der Waals surface area contributed by atoms with Gasteiger partial charge in [-0.3, -0.25) is 9.59 Å². The Balaban J connectivity index is 1.44. The van der Waals surface area contributed by atoms with Crippen LogP contribution >= 0.6 is 11.8 Å². The Hall–Kier alpha value is -3.19. The first kappa shape index (κ1) is 24.9. The molecular formula is C28H32N2O4S. The summed E-state index contributed by atoms with van der Waals surface area (Å²) in [4.78, 5) is 30.3. The fourth-order valence-electron chi connectivity index (χ4n) is 4.36. The van der Waals surface area contributed by atoms with Gasteiger partial charge in [-0.05, 0) is 87.1 Å². The molecule has 184 valence electrons. The van der Waals surface area contributed by atoms with Gasteiger partial charge in [0, 0.05) is 59.2 Å². The van der Waals surface area contributed by atoms with Crippen molar-refractivity contribution >= 4 is 35.7 Å². The molecule has 2 aliphatic rings. The highest BCUT2D eigenvalue weighted by molar-refractivity contribution is 7.99. The molecule has 6 nitrogen and oxygen atoms in total. The van der Waals surface area contributed by atoms with Crippen molar-refractivity contribution in [3.63, 3.8) is 0 Å². The van der Waals surface area contributed by atoms with E-state index in [1.807, 2.05) is 34.1 Å². The third-order valence-electron chi connectivity index (χ3n) is 6.38. The van der Waals surface area contributed by atoms with Crippen molar-refractivity contribution in [2.45, 2.75) is 48.3 Å². The van der Waals surface area contributed by atoms with E-state index in [2.05, 4.69) is 0 Å². The van der Waals surface area contributed by atoms with Gasteiger partial charge in [0.15, 0.2) is 0 Å². The maximum atomic E-state index is 12.4. The van der Waals surface area contributed by atoms with Crippen LogP contribution in [-0.4, -0.2) is 58.0 Å². The van der Waals surface area contributed by atoms with Gasteiger partial charge in [-0.1, -0.05) is 11.8 Å². The van der Waals surface area contributed by atoms with Crippen molar-refractivity contribution in [3.05, 3.63) is 59.7 Å². The van der Waals surface area contributed by atoms with Crippen molar-refractivity contribution in [3.8, 4) is 11.5 Å². The van der Waals surface area contributed by atoms with E-state index in [1.165, 1.54) is 23.9 Å². The van der Waals surface area contributed by atoms with Crippen LogP contribution in [0.1, 0.15) is 49.7 Å². The molecule has 0 atom stereocenters. The van der Waals surface area contributed by atoms with Gasteiger partial charge in [-0.15, -0.1) is 0 Å². The number of carbonyl (C=O) groups excluding carboxylic acids is 2. The number of benzene rings is 2. The van der Waals surface area contributed by atoms with Gasteiger partial charge in [0.2, 0.25) is 11.8 Å². The lowest BCUT2D eigenvalue weighted by molar-refractivity contribution is -0.127. The van der Waals surface area contributed by atoms with Gasteiger partial charge < -0.3 is 20.0 Å². The number of nitrogens with zero attached hydrogens (tertiary/aromatic N) is 2. The molecule has 2 aromatic carbocycles. The second kappa shape index (κ2) is 12.0. The van der Waals surface area contributed by atoms with Crippen LogP contribution in [0.2, 0.25) is 0 Å². The van der Waals surface area contributed by atoms with E-state index >= 15 is 0 Å². The maximum Gasteiger partial charge on any atom is 0.246 e. The van der Waals surface area contributed by atoms with Crippen LogP contribution in [0.5, 0.6) is 11.5 Å². The van der Waals surface area contributed by atoms with Gasteiger partial charge in [0.1, 0.15) is 11.5 Å². The molecule has 2 N–H and O–H groups in total. The molecular weight excluding hydrogens is 460 g/mol. The quantitative estimate of drug-likeness (QED) is 0.535. The molecule has 2 fully saturated rings. The van der Waals surface area contributed by atoms with Crippen LogP contribution in [0, 0.1) is 0 Å². The average molecular weight is 493 g/mol. The first-order valence-electron chi connectivity index (χ1n) is 12.3. The Kier molecular flexibility index (Phi) is 8.53. The van der Waals surface area contributed by atoms with E-state index in [-0.39, 0.29) is 23.3 Å². The van der Waals surface area contributed by atoms with Crippen LogP contribution in [0.4, 0.5) is 0 Å². The molecule has 2 saturated heterocycles. The van der Waals surface area contributed by atoms with Gasteiger partial charge in [0.05, 0.1) is 0 Å². The first-order chi connectivity index (χ1) is 17.0. The molecule has 0 aromatic heterocycles. The summed E-state index contributed by atoms with van der Waals surface area (Å²) in [6.07, 6.45) is 12.8. The van der Waals surface area contributed by atoms with E-state index < -0.39 is 0 Å². The number of phenolic OH excluding ortho intramolecular Hbond substituents is 2. The molecule has 0 spiro atoms. The Morgan fingerprint density at radius 3 is 1.46 bits per heavy atom. The summed E-state index contributed by atoms with van der Waals surface area (Å²) >= 11 is 1.48. The normalized spacial score (nSPS) is 16.8. The lowest BCUT2D eigenvalue weighted by Crippen LogP contribution is -2.34. The van der Waals surface area contributed by atoms with E-state index in [4.69, 9.17) is 0 Å².